The Balaban J connectivity index is 0.00000256. The monoisotopic (exact) mass is 262 g/mol. The molecule has 102 valence electrons. The van der Waals surface area contributed by atoms with Gasteiger partial charge in [-0.15, -0.1) is 12.4 Å². The van der Waals surface area contributed by atoms with E-state index >= 15 is 0 Å². The molecule has 0 aromatic heterocycles. The number of amides is 1. The number of carbonyl (C=O) groups excluding carboxylic acids is 1. The average molecular weight is 263 g/mol. The lowest BCUT2D eigenvalue weighted by Crippen LogP contribution is -2.42. The van der Waals surface area contributed by atoms with Gasteiger partial charge < -0.3 is 10.6 Å². The molecular weight excluding hydrogens is 236 g/mol. The quantitative estimate of drug-likeness (QED) is 0.850. The Morgan fingerprint density at radius 3 is 2.18 bits per heavy atom. The Bertz CT molecular complexity index is 215. The molecule has 1 atom stereocenters. The van der Waals surface area contributed by atoms with Crippen molar-refractivity contribution in [3.05, 3.63) is 0 Å². The molecule has 1 rings (SSSR count). The molecule has 0 aromatic rings. The number of rotatable bonds is 3. The second-order valence-electron chi connectivity index (χ2n) is 5.08. The van der Waals surface area contributed by atoms with Crippen LogP contribution in [0, 0.1) is 5.92 Å². The van der Waals surface area contributed by atoms with Gasteiger partial charge in [0.05, 0.1) is 0 Å². The molecule has 1 aliphatic carbocycles. The van der Waals surface area contributed by atoms with Crippen molar-refractivity contribution in [2.24, 2.45) is 11.7 Å². The normalized spacial score (nSPS) is 19.7. The summed E-state index contributed by atoms with van der Waals surface area (Å²) >= 11 is 0. The van der Waals surface area contributed by atoms with Crippen LogP contribution in [-0.2, 0) is 4.79 Å². The molecule has 0 aliphatic heterocycles. The first kappa shape index (κ1) is 16.7. The molecule has 2 N–H and O–H groups in total. The van der Waals surface area contributed by atoms with Crippen LogP contribution in [0.15, 0.2) is 0 Å². The lowest BCUT2D eigenvalue weighted by Gasteiger charge is -2.31. The summed E-state index contributed by atoms with van der Waals surface area (Å²) in [7, 11) is 1.95. The largest absolute Gasteiger partial charge is 0.343 e. The zero-order valence-electron chi connectivity index (χ0n) is 11.2. The Hall–Kier alpha value is -0.280. The molecule has 17 heavy (non-hydrogen) atoms. The maximum Gasteiger partial charge on any atom is 0.226 e. The van der Waals surface area contributed by atoms with E-state index in [2.05, 4.69) is 0 Å². The number of hydrogen-bond donors (Lipinski definition) is 1. The molecule has 1 amide bonds. The van der Waals surface area contributed by atoms with E-state index in [9.17, 15) is 4.79 Å². The Morgan fingerprint density at radius 1 is 1.24 bits per heavy atom. The van der Waals surface area contributed by atoms with E-state index in [1.54, 1.807) is 0 Å². The fraction of sp³-hybridized carbons (Fsp3) is 0.923. The molecule has 0 spiro atoms. The first-order chi connectivity index (χ1) is 7.66. The number of halogens is 1. The van der Waals surface area contributed by atoms with E-state index in [0.29, 0.717) is 12.6 Å². The van der Waals surface area contributed by atoms with Crippen molar-refractivity contribution in [3.8, 4) is 0 Å². The molecule has 1 saturated carbocycles. The highest BCUT2D eigenvalue weighted by Crippen LogP contribution is 2.21. The summed E-state index contributed by atoms with van der Waals surface area (Å²) in [5.41, 5.74) is 5.55. The second-order valence-corrected chi connectivity index (χ2v) is 5.08. The molecule has 0 heterocycles. The fourth-order valence-corrected chi connectivity index (χ4v) is 2.45. The molecular formula is C13H27ClN2O. The first-order valence-electron chi connectivity index (χ1n) is 6.63. The zero-order valence-corrected chi connectivity index (χ0v) is 12.0. The van der Waals surface area contributed by atoms with Gasteiger partial charge in [0.1, 0.15) is 0 Å². The summed E-state index contributed by atoms with van der Waals surface area (Å²) in [4.78, 5) is 14.0. The van der Waals surface area contributed by atoms with Gasteiger partial charge in [0, 0.05) is 25.6 Å². The molecule has 0 radical (unpaired) electrons. The van der Waals surface area contributed by atoms with Crippen LogP contribution in [0.1, 0.15) is 51.9 Å². The number of hydrogen-bond acceptors (Lipinski definition) is 2. The smallest absolute Gasteiger partial charge is 0.226 e. The molecule has 1 unspecified atom stereocenters. The molecule has 0 saturated heterocycles. The molecule has 1 fully saturated rings. The van der Waals surface area contributed by atoms with Crippen LogP contribution in [0.5, 0.6) is 0 Å². The van der Waals surface area contributed by atoms with Crippen LogP contribution in [0.25, 0.3) is 0 Å². The fourth-order valence-electron chi connectivity index (χ4n) is 2.45. The van der Waals surface area contributed by atoms with E-state index in [1.807, 2.05) is 18.9 Å². The van der Waals surface area contributed by atoms with Gasteiger partial charge in [-0.05, 0) is 12.8 Å². The highest BCUT2D eigenvalue weighted by molar-refractivity contribution is 5.85. The van der Waals surface area contributed by atoms with Gasteiger partial charge in [0.2, 0.25) is 5.91 Å². The van der Waals surface area contributed by atoms with Crippen LogP contribution >= 0.6 is 12.4 Å². The topological polar surface area (TPSA) is 46.3 Å². The summed E-state index contributed by atoms with van der Waals surface area (Å²) in [5.74, 6) is 0.184. The van der Waals surface area contributed by atoms with Crippen LogP contribution in [-0.4, -0.2) is 30.4 Å². The molecule has 0 aromatic carbocycles. The summed E-state index contributed by atoms with van der Waals surface area (Å²) in [6.07, 6.45) is 8.87. The molecule has 3 nitrogen and oxygen atoms in total. The Labute approximate surface area is 112 Å². The minimum absolute atomic E-state index is 0. The van der Waals surface area contributed by atoms with Crippen molar-refractivity contribution in [2.45, 2.75) is 57.9 Å². The summed E-state index contributed by atoms with van der Waals surface area (Å²) < 4.78 is 0. The summed E-state index contributed by atoms with van der Waals surface area (Å²) in [5, 5.41) is 0. The van der Waals surface area contributed by atoms with Gasteiger partial charge in [-0.1, -0.05) is 39.0 Å². The lowest BCUT2D eigenvalue weighted by molar-refractivity contribution is -0.135. The average Bonchev–Trinajstić information content (AvgIpc) is 2.26. The van der Waals surface area contributed by atoms with Crippen molar-refractivity contribution in [2.75, 3.05) is 13.6 Å². The van der Waals surface area contributed by atoms with Gasteiger partial charge in [0.15, 0.2) is 0 Å². The third kappa shape index (κ3) is 5.26. The minimum atomic E-state index is -0.0320. The maximum atomic E-state index is 12.0. The molecule has 0 bridgehead atoms. The van der Waals surface area contributed by atoms with Crippen molar-refractivity contribution in [1.82, 2.24) is 4.90 Å². The summed E-state index contributed by atoms with van der Waals surface area (Å²) in [6, 6.07) is 0.446. The van der Waals surface area contributed by atoms with E-state index in [4.69, 9.17) is 5.73 Å². The van der Waals surface area contributed by atoms with Crippen molar-refractivity contribution >= 4 is 18.3 Å². The lowest BCUT2D eigenvalue weighted by atomic mass is 9.95. The SMILES string of the molecule is CC(CN)C(=O)N(C)C1CCCCCCC1.Cl. The standard InChI is InChI=1S/C13H26N2O.ClH/c1-11(10-14)13(16)15(2)12-8-6-4-3-5-7-9-12;/h11-12H,3-10,14H2,1-2H3;1H. The van der Waals surface area contributed by atoms with Crippen LogP contribution in [0.3, 0.4) is 0 Å². The van der Waals surface area contributed by atoms with E-state index in [-0.39, 0.29) is 24.2 Å². The van der Waals surface area contributed by atoms with Gasteiger partial charge in [-0.2, -0.15) is 0 Å². The minimum Gasteiger partial charge on any atom is -0.343 e. The van der Waals surface area contributed by atoms with Gasteiger partial charge >= 0.3 is 0 Å². The van der Waals surface area contributed by atoms with Crippen molar-refractivity contribution in [3.63, 3.8) is 0 Å². The highest BCUT2D eigenvalue weighted by atomic mass is 35.5. The predicted molar refractivity (Wildman–Crippen MR) is 74.3 cm³/mol. The number of nitrogens with zero attached hydrogens (tertiary/aromatic N) is 1. The second kappa shape index (κ2) is 8.76. The van der Waals surface area contributed by atoms with Gasteiger partial charge in [-0.3, -0.25) is 4.79 Å². The first-order valence-corrected chi connectivity index (χ1v) is 6.63. The van der Waals surface area contributed by atoms with Crippen LogP contribution in [0.4, 0.5) is 0 Å². The van der Waals surface area contributed by atoms with E-state index < -0.39 is 0 Å². The Morgan fingerprint density at radius 2 is 1.71 bits per heavy atom. The Kier molecular flexibility index (Phi) is 8.61. The van der Waals surface area contributed by atoms with Crippen molar-refractivity contribution < 1.29 is 4.79 Å². The van der Waals surface area contributed by atoms with Gasteiger partial charge in [0.25, 0.3) is 0 Å². The molecule has 1 aliphatic rings. The zero-order chi connectivity index (χ0) is 12.0. The molecule has 4 heteroatoms. The third-order valence-corrected chi connectivity index (χ3v) is 3.75. The van der Waals surface area contributed by atoms with E-state index in [1.165, 1.54) is 44.9 Å². The highest BCUT2D eigenvalue weighted by Gasteiger charge is 2.23. The van der Waals surface area contributed by atoms with Crippen LogP contribution in [0.2, 0.25) is 0 Å². The number of carbonyl (C=O) groups is 1. The van der Waals surface area contributed by atoms with Crippen molar-refractivity contribution in [1.29, 1.82) is 0 Å². The van der Waals surface area contributed by atoms with Crippen LogP contribution < -0.4 is 5.73 Å². The predicted octanol–water partition coefficient (Wildman–Crippen LogP) is 2.57. The number of nitrogens with two attached hydrogens (primary N) is 1. The van der Waals surface area contributed by atoms with E-state index in [0.717, 1.165) is 0 Å². The van der Waals surface area contributed by atoms with Gasteiger partial charge in [-0.25, -0.2) is 0 Å². The maximum absolute atomic E-state index is 12.0. The third-order valence-electron chi connectivity index (χ3n) is 3.75. The summed E-state index contributed by atoms with van der Waals surface area (Å²) in [6.45, 7) is 2.37.